The molecule has 4 aromatic rings. The molecule has 0 radical (unpaired) electrons. The zero-order valence-electron chi connectivity index (χ0n) is 17.1. The Morgan fingerprint density at radius 3 is 2.59 bits per heavy atom. The van der Waals surface area contributed by atoms with Crippen LogP contribution in [0, 0.1) is 5.41 Å². The van der Waals surface area contributed by atoms with E-state index in [0.717, 1.165) is 16.8 Å². The summed E-state index contributed by atoms with van der Waals surface area (Å²) in [7, 11) is 1.77. The predicted molar refractivity (Wildman–Crippen MR) is 114 cm³/mol. The Labute approximate surface area is 169 Å². The van der Waals surface area contributed by atoms with Gasteiger partial charge in [-0.25, -0.2) is 14.8 Å². The van der Waals surface area contributed by atoms with Crippen LogP contribution in [0.25, 0.3) is 22.4 Å². The zero-order chi connectivity index (χ0) is 20.6. The summed E-state index contributed by atoms with van der Waals surface area (Å²) in [5.74, 6) is 1.22. The van der Waals surface area contributed by atoms with Crippen LogP contribution in [0.3, 0.4) is 0 Å². The van der Waals surface area contributed by atoms with Crippen molar-refractivity contribution in [3.8, 4) is 22.9 Å². The molecule has 148 valence electrons. The number of pyridine rings is 2. The molecular formula is C23H24N4O2. The number of ether oxygens (including phenoxy) is 1. The second kappa shape index (κ2) is 7.20. The van der Waals surface area contributed by atoms with Crippen LogP contribution >= 0.6 is 0 Å². The number of hydrogen-bond acceptors (Lipinski definition) is 4. The number of rotatable bonds is 4. The molecule has 0 saturated heterocycles. The summed E-state index contributed by atoms with van der Waals surface area (Å²) in [5.41, 5.74) is 3.16. The third-order valence-electron chi connectivity index (χ3n) is 4.60. The number of nitrogens with zero attached hydrogens (tertiary/aromatic N) is 4. The summed E-state index contributed by atoms with van der Waals surface area (Å²) < 4.78 is 9.24. The summed E-state index contributed by atoms with van der Waals surface area (Å²) in [6.07, 6.45) is 1.69. The Morgan fingerprint density at radius 1 is 1.03 bits per heavy atom. The molecule has 6 nitrogen and oxygen atoms in total. The smallest absolute Gasteiger partial charge is 0.330 e. The molecule has 29 heavy (non-hydrogen) atoms. The Balaban J connectivity index is 1.73. The Kier molecular flexibility index (Phi) is 4.70. The fraction of sp³-hybridized carbons (Fsp3) is 0.261. The van der Waals surface area contributed by atoms with Crippen molar-refractivity contribution in [2.24, 2.45) is 12.5 Å². The number of benzene rings is 1. The van der Waals surface area contributed by atoms with Crippen molar-refractivity contribution in [1.82, 2.24) is 19.1 Å². The third kappa shape index (κ3) is 3.92. The van der Waals surface area contributed by atoms with Gasteiger partial charge < -0.3 is 4.74 Å². The molecule has 0 aliphatic rings. The third-order valence-corrected chi connectivity index (χ3v) is 4.60. The fourth-order valence-electron chi connectivity index (χ4n) is 3.31. The average molecular weight is 388 g/mol. The summed E-state index contributed by atoms with van der Waals surface area (Å²) >= 11 is 0. The van der Waals surface area contributed by atoms with E-state index in [1.807, 2.05) is 54.6 Å². The van der Waals surface area contributed by atoms with Gasteiger partial charge in [0.05, 0.1) is 11.2 Å². The molecule has 3 aromatic heterocycles. The van der Waals surface area contributed by atoms with Crippen molar-refractivity contribution in [3.63, 3.8) is 0 Å². The molecule has 6 heteroatoms. The van der Waals surface area contributed by atoms with Gasteiger partial charge in [0, 0.05) is 31.4 Å². The number of aromatic nitrogens is 4. The predicted octanol–water partition coefficient (Wildman–Crippen LogP) is 4.64. The topological polar surface area (TPSA) is 61.9 Å². The molecule has 4 rings (SSSR count). The van der Waals surface area contributed by atoms with Gasteiger partial charge in [0.1, 0.15) is 5.75 Å². The Morgan fingerprint density at radius 2 is 1.86 bits per heavy atom. The van der Waals surface area contributed by atoms with Crippen LogP contribution in [0.5, 0.6) is 11.6 Å². The van der Waals surface area contributed by atoms with Crippen LogP contribution in [0.15, 0.2) is 65.6 Å². The van der Waals surface area contributed by atoms with Crippen LogP contribution in [0.2, 0.25) is 0 Å². The molecule has 0 atom stereocenters. The van der Waals surface area contributed by atoms with Gasteiger partial charge in [0.15, 0.2) is 5.65 Å². The van der Waals surface area contributed by atoms with Gasteiger partial charge in [-0.2, -0.15) is 0 Å². The van der Waals surface area contributed by atoms with Crippen molar-refractivity contribution in [1.29, 1.82) is 0 Å². The lowest BCUT2D eigenvalue weighted by molar-refractivity contribution is 0.342. The van der Waals surface area contributed by atoms with Crippen molar-refractivity contribution in [2.45, 2.75) is 27.3 Å². The van der Waals surface area contributed by atoms with E-state index in [9.17, 15) is 4.79 Å². The minimum absolute atomic E-state index is 0.00603. The molecule has 1 aromatic carbocycles. The standard InChI is InChI=1S/C23H24N4O2/c1-23(2,3)15-27-19-12-11-18(25-21(19)26(4)22(27)28)16-8-7-9-17(14-16)29-20-10-5-6-13-24-20/h5-14H,15H2,1-4H3. The van der Waals surface area contributed by atoms with Gasteiger partial charge in [0.25, 0.3) is 0 Å². The summed E-state index contributed by atoms with van der Waals surface area (Å²) in [5, 5.41) is 0. The van der Waals surface area contributed by atoms with Crippen LogP contribution in [0.4, 0.5) is 0 Å². The van der Waals surface area contributed by atoms with E-state index < -0.39 is 0 Å². The zero-order valence-corrected chi connectivity index (χ0v) is 17.1. The van der Waals surface area contributed by atoms with Gasteiger partial charge in [0.2, 0.25) is 5.88 Å². The minimum Gasteiger partial charge on any atom is -0.439 e. The van der Waals surface area contributed by atoms with Gasteiger partial charge >= 0.3 is 5.69 Å². The minimum atomic E-state index is -0.0492. The van der Waals surface area contributed by atoms with Gasteiger partial charge in [-0.3, -0.25) is 9.13 Å². The van der Waals surface area contributed by atoms with E-state index >= 15 is 0 Å². The van der Waals surface area contributed by atoms with E-state index in [2.05, 4.69) is 25.8 Å². The maximum absolute atomic E-state index is 12.7. The molecular weight excluding hydrogens is 364 g/mol. The van der Waals surface area contributed by atoms with E-state index in [4.69, 9.17) is 9.72 Å². The van der Waals surface area contributed by atoms with Gasteiger partial charge in [-0.05, 0) is 35.7 Å². The Bertz CT molecular complexity index is 1220. The SMILES string of the molecule is Cn1c(=O)n(CC(C)(C)C)c2ccc(-c3cccc(Oc4ccccn4)c3)nc21. The van der Waals surface area contributed by atoms with Crippen molar-refractivity contribution < 1.29 is 4.74 Å². The lowest BCUT2D eigenvalue weighted by Gasteiger charge is -2.18. The maximum Gasteiger partial charge on any atom is 0.330 e. The summed E-state index contributed by atoms with van der Waals surface area (Å²) in [6.45, 7) is 6.99. The second-order valence-corrected chi connectivity index (χ2v) is 8.33. The number of fused-ring (bicyclic) bond motifs is 1. The first-order valence-electron chi connectivity index (χ1n) is 9.57. The second-order valence-electron chi connectivity index (χ2n) is 8.33. The molecule has 0 bridgehead atoms. The monoisotopic (exact) mass is 388 g/mol. The normalized spacial score (nSPS) is 11.7. The molecule has 0 spiro atoms. The van der Waals surface area contributed by atoms with Crippen LogP contribution in [-0.4, -0.2) is 19.1 Å². The first-order valence-corrected chi connectivity index (χ1v) is 9.57. The highest BCUT2D eigenvalue weighted by Gasteiger charge is 2.18. The highest BCUT2D eigenvalue weighted by molar-refractivity contribution is 5.76. The highest BCUT2D eigenvalue weighted by Crippen LogP contribution is 2.27. The van der Waals surface area contributed by atoms with E-state index in [1.165, 1.54) is 0 Å². The molecule has 3 heterocycles. The van der Waals surface area contributed by atoms with Crippen LogP contribution in [-0.2, 0) is 13.6 Å². The first kappa shape index (κ1) is 18.9. The fourth-order valence-corrected chi connectivity index (χ4v) is 3.31. The molecule has 0 saturated carbocycles. The molecule has 0 unspecified atom stereocenters. The largest absolute Gasteiger partial charge is 0.439 e. The number of hydrogen-bond donors (Lipinski definition) is 0. The summed E-state index contributed by atoms with van der Waals surface area (Å²) in [6, 6.07) is 17.2. The van der Waals surface area contributed by atoms with Gasteiger partial charge in [-0.15, -0.1) is 0 Å². The van der Waals surface area contributed by atoms with Crippen LogP contribution in [0.1, 0.15) is 20.8 Å². The maximum atomic E-state index is 12.7. The van der Waals surface area contributed by atoms with E-state index in [1.54, 1.807) is 22.4 Å². The molecule has 0 aliphatic heterocycles. The first-order chi connectivity index (χ1) is 13.8. The number of imidazole rings is 1. The molecule has 0 N–H and O–H groups in total. The van der Waals surface area contributed by atoms with Gasteiger partial charge in [-0.1, -0.05) is 39.0 Å². The lowest BCUT2D eigenvalue weighted by atomic mass is 9.97. The van der Waals surface area contributed by atoms with Crippen LogP contribution < -0.4 is 10.4 Å². The number of aryl methyl sites for hydroxylation is 1. The van der Waals surface area contributed by atoms with E-state index in [0.29, 0.717) is 23.8 Å². The molecule has 0 fully saturated rings. The Hall–Kier alpha value is -3.41. The average Bonchev–Trinajstić information content (AvgIpc) is 2.92. The van der Waals surface area contributed by atoms with Crippen molar-refractivity contribution in [3.05, 3.63) is 71.3 Å². The molecule has 0 amide bonds. The summed E-state index contributed by atoms with van der Waals surface area (Å²) in [4.78, 5) is 21.7. The van der Waals surface area contributed by atoms with Crippen molar-refractivity contribution >= 4 is 11.2 Å². The van der Waals surface area contributed by atoms with E-state index in [-0.39, 0.29) is 11.1 Å². The highest BCUT2D eigenvalue weighted by atomic mass is 16.5. The lowest BCUT2D eigenvalue weighted by Crippen LogP contribution is -2.27. The quantitative estimate of drug-likeness (QED) is 0.511. The van der Waals surface area contributed by atoms with Crippen molar-refractivity contribution in [2.75, 3.05) is 0 Å². The molecule has 0 aliphatic carbocycles.